The number of aromatic nitrogens is 1. The first kappa shape index (κ1) is 22.4. The number of carbonyl (C=O) groups is 1. The predicted octanol–water partition coefficient (Wildman–Crippen LogP) is 4.64. The van der Waals surface area contributed by atoms with Gasteiger partial charge in [-0.1, -0.05) is 36.3 Å². The Morgan fingerprint density at radius 1 is 1.15 bits per heavy atom. The topological polar surface area (TPSA) is 37.7 Å². The first-order valence-corrected chi connectivity index (χ1v) is 13.5. The van der Waals surface area contributed by atoms with Crippen LogP contribution in [0.1, 0.15) is 50.5 Å². The molecule has 0 unspecified atom stereocenters. The normalized spacial score (nSPS) is 29.0. The minimum absolute atomic E-state index is 0.350. The van der Waals surface area contributed by atoms with Crippen molar-refractivity contribution in [2.45, 2.75) is 70.0 Å². The molecule has 0 spiro atoms. The summed E-state index contributed by atoms with van der Waals surface area (Å²) in [5.74, 6) is 1.70. The maximum atomic E-state index is 13.6. The molecular formula is C29H39N3O2. The molecule has 182 valence electrons. The Balaban J connectivity index is 1.19. The fraction of sp³-hybridized carbons (Fsp3) is 0.621. The van der Waals surface area contributed by atoms with Crippen LogP contribution >= 0.6 is 0 Å². The number of fused-ring (bicyclic) bond motifs is 7. The van der Waals surface area contributed by atoms with Crippen molar-refractivity contribution in [3.05, 3.63) is 47.7 Å². The van der Waals surface area contributed by atoms with Crippen molar-refractivity contribution in [3.63, 3.8) is 0 Å². The van der Waals surface area contributed by atoms with Gasteiger partial charge >= 0.3 is 0 Å². The molecule has 4 heterocycles. The lowest BCUT2D eigenvalue weighted by Crippen LogP contribution is -2.60. The second-order valence-electron chi connectivity index (χ2n) is 11.0. The van der Waals surface area contributed by atoms with E-state index in [1.165, 1.54) is 61.7 Å². The van der Waals surface area contributed by atoms with E-state index in [2.05, 4.69) is 50.9 Å². The van der Waals surface area contributed by atoms with E-state index in [-0.39, 0.29) is 0 Å². The summed E-state index contributed by atoms with van der Waals surface area (Å²) in [6.07, 6.45) is 14.0. The summed E-state index contributed by atoms with van der Waals surface area (Å²) >= 11 is 0. The summed E-state index contributed by atoms with van der Waals surface area (Å²) in [6.45, 7) is 4.92. The zero-order valence-electron chi connectivity index (χ0n) is 20.6. The monoisotopic (exact) mass is 461 g/mol. The minimum atomic E-state index is 0.350. The molecule has 6 rings (SSSR count). The third-order valence-electron chi connectivity index (χ3n) is 8.99. The van der Waals surface area contributed by atoms with Crippen LogP contribution < -0.4 is 0 Å². The molecule has 0 radical (unpaired) electrons. The molecule has 1 amide bonds. The smallest absolute Gasteiger partial charge is 0.223 e. The molecule has 3 saturated heterocycles. The van der Waals surface area contributed by atoms with Gasteiger partial charge < -0.3 is 14.2 Å². The van der Waals surface area contributed by atoms with Crippen LogP contribution in [0.4, 0.5) is 0 Å². The summed E-state index contributed by atoms with van der Waals surface area (Å²) in [4.78, 5) is 18.7. The highest BCUT2D eigenvalue weighted by molar-refractivity contribution is 5.85. The van der Waals surface area contributed by atoms with E-state index < -0.39 is 0 Å². The number of ether oxygens (including phenoxy) is 1. The van der Waals surface area contributed by atoms with Gasteiger partial charge in [0.15, 0.2) is 0 Å². The number of methoxy groups -OCH3 is 1. The van der Waals surface area contributed by atoms with E-state index in [1.54, 1.807) is 12.7 Å². The van der Waals surface area contributed by atoms with Crippen molar-refractivity contribution >= 4 is 16.8 Å². The highest BCUT2D eigenvalue weighted by atomic mass is 16.5. The van der Waals surface area contributed by atoms with Crippen molar-refractivity contribution in [1.82, 2.24) is 14.4 Å². The number of aryl methyl sites for hydroxylation is 1. The number of benzene rings is 1. The quantitative estimate of drug-likeness (QED) is 0.588. The number of piperidine rings is 3. The average Bonchev–Trinajstić information content (AvgIpc) is 3.23. The van der Waals surface area contributed by atoms with Gasteiger partial charge in [0, 0.05) is 56.3 Å². The molecule has 3 fully saturated rings. The molecule has 2 aromatic rings. The van der Waals surface area contributed by atoms with Crippen LogP contribution in [-0.2, 0) is 22.5 Å². The van der Waals surface area contributed by atoms with Gasteiger partial charge in [0.2, 0.25) is 5.91 Å². The van der Waals surface area contributed by atoms with Gasteiger partial charge in [0.1, 0.15) is 0 Å². The second kappa shape index (κ2) is 9.50. The number of likely N-dealkylation sites (tertiary alicyclic amines) is 1. The highest BCUT2D eigenvalue weighted by Gasteiger charge is 2.46. The zero-order valence-corrected chi connectivity index (χ0v) is 20.6. The Hall–Kier alpha value is -2.11. The number of para-hydroxylation sites is 1. The van der Waals surface area contributed by atoms with E-state index in [0.29, 0.717) is 30.9 Å². The molecule has 5 heteroatoms. The molecule has 4 atom stereocenters. The molecule has 1 aromatic carbocycles. The molecule has 4 aliphatic rings. The Bertz CT molecular complexity index is 1070. The zero-order chi connectivity index (χ0) is 23.1. The molecule has 3 aliphatic heterocycles. The van der Waals surface area contributed by atoms with Gasteiger partial charge in [-0.3, -0.25) is 9.69 Å². The largest absolute Gasteiger partial charge is 0.383 e. The van der Waals surface area contributed by atoms with Crippen molar-refractivity contribution in [3.8, 4) is 0 Å². The molecule has 1 aliphatic carbocycles. The average molecular weight is 462 g/mol. The summed E-state index contributed by atoms with van der Waals surface area (Å²) < 4.78 is 7.58. The van der Waals surface area contributed by atoms with E-state index in [4.69, 9.17) is 4.74 Å². The predicted molar refractivity (Wildman–Crippen MR) is 136 cm³/mol. The molecule has 0 N–H and O–H groups in total. The minimum Gasteiger partial charge on any atom is -0.383 e. The van der Waals surface area contributed by atoms with E-state index in [0.717, 1.165) is 37.9 Å². The van der Waals surface area contributed by atoms with Crippen molar-refractivity contribution in [1.29, 1.82) is 0 Å². The first-order valence-electron chi connectivity index (χ1n) is 13.5. The highest BCUT2D eigenvalue weighted by Crippen LogP contribution is 2.45. The lowest BCUT2D eigenvalue weighted by molar-refractivity contribution is -0.136. The number of hydrogen-bond acceptors (Lipinski definition) is 3. The molecule has 1 aromatic heterocycles. The third kappa shape index (κ3) is 4.01. The van der Waals surface area contributed by atoms with Gasteiger partial charge in [0.05, 0.1) is 12.6 Å². The fourth-order valence-corrected chi connectivity index (χ4v) is 7.54. The van der Waals surface area contributed by atoms with Crippen molar-refractivity contribution in [2.24, 2.45) is 11.8 Å². The first-order chi connectivity index (χ1) is 16.7. The van der Waals surface area contributed by atoms with Gasteiger partial charge in [-0.2, -0.15) is 0 Å². The number of rotatable bonds is 6. The Labute approximate surface area is 203 Å². The van der Waals surface area contributed by atoms with Crippen LogP contribution in [0.5, 0.6) is 0 Å². The Kier molecular flexibility index (Phi) is 6.25. The standard InChI is InChI=1S/C29H39N3O2/c1-34-16-15-31-19-22(25-8-2-3-10-27(25)31)11-12-28(33)32-14-6-7-21-17-23-18-24(29(21)32)20-30-13-5-4-9-26(23)30/h2-3,8,10,17,19,23-24,26,29H,4-7,9,11-16,18,20H2,1H3/t23-,24-,26-,29+/m0/s1. The molecule has 5 nitrogen and oxygen atoms in total. The lowest BCUT2D eigenvalue weighted by Gasteiger charge is -2.54. The summed E-state index contributed by atoms with van der Waals surface area (Å²) in [5.41, 5.74) is 4.11. The third-order valence-corrected chi connectivity index (χ3v) is 8.99. The van der Waals surface area contributed by atoms with E-state index in [9.17, 15) is 4.79 Å². The van der Waals surface area contributed by atoms with Crippen molar-refractivity contribution in [2.75, 3.05) is 33.4 Å². The fourth-order valence-electron chi connectivity index (χ4n) is 7.54. The molecule has 34 heavy (non-hydrogen) atoms. The Morgan fingerprint density at radius 2 is 2.06 bits per heavy atom. The lowest BCUT2D eigenvalue weighted by atomic mass is 9.68. The van der Waals surface area contributed by atoms with Crippen LogP contribution in [0.2, 0.25) is 0 Å². The maximum Gasteiger partial charge on any atom is 0.223 e. The summed E-state index contributed by atoms with van der Waals surface area (Å²) in [7, 11) is 1.75. The molecule has 0 saturated carbocycles. The number of amides is 1. The van der Waals surface area contributed by atoms with Gasteiger partial charge in [0.25, 0.3) is 0 Å². The maximum absolute atomic E-state index is 13.6. The van der Waals surface area contributed by atoms with E-state index in [1.807, 2.05) is 0 Å². The van der Waals surface area contributed by atoms with Crippen LogP contribution in [0.25, 0.3) is 10.9 Å². The summed E-state index contributed by atoms with van der Waals surface area (Å²) in [5, 5.41) is 1.27. The van der Waals surface area contributed by atoms with Crippen LogP contribution in [0.3, 0.4) is 0 Å². The van der Waals surface area contributed by atoms with Crippen LogP contribution in [0.15, 0.2) is 42.1 Å². The second-order valence-corrected chi connectivity index (χ2v) is 11.0. The molecular weight excluding hydrogens is 422 g/mol. The van der Waals surface area contributed by atoms with Crippen LogP contribution in [-0.4, -0.2) is 65.7 Å². The SMILES string of the molecule is COCCn1cc(CCC(=O)N2CCCC3=C[C@H]4C[C@@H](CN5CCCC[C@@H]45)[C@@H]32)c2ccccc21. The summed E-state index contributed by atoms with van der Waals surface area (Å²) in [6, 6.07) is 9.68. The van der Waals surface area contributed by atoms with Gasteiger partial charge in [-0.05, 0) is 68.5 Å². The number of nitrogens with zero attached hydrogens (tertiary/aromatic N) is 3. The van der Waals surface area contributed by atoms with Crippen molar-refractivity contribution < 1.29 is 9.53 Å². The molecule has 2 bridgehead atoms. The van der Waals surface area contributed by atoms with Crippen LogP contribution in [0, 0.1) is 11.8 Å². The number of carbonyl (C=O) groups excluding carboxylic acids is 1. The van der Waals surface area contributed by atoms with Gasteiger partial charge in [-0.15, -0.1) is 0 Å². The van der Waals surface area contributed by atoms with E-state index >= 15 is 0 Å². The number of hydrogen-bond donors (Lipinski definition) is 0. The Morgan fingerprint density at radius 3 is 2.97 bits per heavy atom. The van der Waals surface area contributed by atoms with Gasteiger partial charge in [-0.25, -0.2) is 0 Å².